The van der Waals surface area contributed by atoms with Gasteiger partial charge >= 0.3 is 0 Å². The zero-order chi connectivity index (χ0) is 11.3. The summed E-state index contributed by atoms with van der Waals surface area (Å²) in [6.07, 6.45) is 0.632. The van der Waals surface area contributed by atoms with E-state index in [1.165, 1.54) is 6.07 Å². The highest BCUT2D eigenvalue weighted by atomic mass is 19.1. The van der Waals surface area contributed by atoms with E-state index < -0.39 is 11.6 Å². The van der Waals surface area contributed by atoms with Crippen LogP contribution < -0.4 is 0 Å². The summed E-state index contributed by atoms with van der Waals surface area (Å²) in [5.41, 5.74) is 0.343. The number of hydrogen-bond donors (Lipinski definition) is 1. The number of halogens is 2. The molecule has 0 amide bonds. The molecule has 1 aromatic rings. The van der Waals surface area contributed by atoms with Crippen LogP contribution >= 0.6 is 0 Å². The summed E-state index contributed by atoms with van der Waals surface area (Å²) in [5, 5.41) is 8.62. The van der Waals surface area contributed by atoms with Crippen molar-refractivity contribution in [2.75, 3.05) is 20.2 Å². The van der Waals surface area contributed by atoms with Gasteiger partial charge in [-0.3, -0.25) is 0 Å². The molecular formula is C11H15F2NO. The lowest BCUT2D eigenvalue weighted by Crippen LogP contribution is -2.20. The molecule has 0 saturated carbocycles. The van der Waals surface area contributed by atoms with Crippen LogP contribution in [0.2, 0.25) is 0 Å². The maximum Gasteiger partial charge on any atom is 0.127 e. The van der Waals surface area contributed by atoms with E-state index in [1.54, 1.807) is 7.05 Å². The summed E-state index contributed by atoms with van der Waals surface area (Å²) in [7, 11) is 1.81. The Morgan fingerprint density at radius 1 is 1.33 bits per heavy atom. The van der Waals surface area contributed by atoms with Gasteiger partial charge in [0, 0.05) is 25.3 Å². The summed E-state index contributed by atoms with van der Waals surface area (Å²) in [6, 6.07) is 3.43. The molecule has 1 N–H and O–H groups in total. The highest BCUT2D eigenvalue weighted by molar-refractivity contribution is 5.18. The molecule has 0 spiro atoms. The molecule has 4 heteroatoms. The number of aliphatic hydroxyl groups is 1. The Balaban J connectivity index is 2.59. The van der Waals surface area contributed by atoms with Crippen molar-refractivity contribution in [3.8, 4) is 0 Å². The minimum absolute atomic E-state index is 0.107. The Labute approximate surface area is 88.1 Å². The first-order valence-electron chi connectivity index (χ1n) is 4.87. The standard InChI is InChI=1S/C11H15F2NO/c1-14(5-2-6-15)8-9-7-10(12)3-4-11(9)13/h3-4,7,15H,2,5-6,8H2,1H3. The van der Waals surface area contributed by atoms with Crippen LogP contribution in [0.1, 0.15) is 12.0 Å². The van der Waals surface area contributed by atoms with E-state index >= 15 is 0 Å². The zero-order valence-electron chi connectivity index (χ0n) is 8.71. The average Bonchev–Trinajstić information content (AvgIpc) is 2.20. The van der Waals surface area contributed by atoms with Crippen LogP contribution in [-0.2, 0) is 6.54 Å². The summed E-state index contributed by atoms with van der Waals surface area (Å²) in [6.45, 7) is 1.12. The van der Waals surface area contributed by atoms with Crippen molar-refractivity contribution in [3.05, 3.63) is 35.4 Å². The molecule has 0 aliphatic carbocycles. The first kappa shape index (κ1) is 12.1. The minimum atomic E-state index is -0.429. The lowest BCUT2D eigenvalue weighted by Gasteiger charge is -2.16. The fourth-order valence-corrected chi connectivity index (χ4v) is 1.37. The molecule has 0 aliphatic rings. The molecule has 84 valence electrons. The van der Waals surface area contributed by atoms with Gasteiger partial charge in [-0.15, -0.1) is 0 Å². The summed E-state index contributed by atoms with van der Waals surface area (Å²) < 4.78 is 26.0. The summed E-state index contributed by atoms with van der Waals surface area (Å²) >= 11 is 0. The van der Waals surface area contributed by atoms with Gasteiger partial charge in [-0.05, 0) is 31.7 Å². The Bertz CT molecular complexity index is 317. The maximum absolute atomic E-state index is 13.2. The first-order chi connectivity index (χ1) is 7.13. The number of benzene rings is 1. The lowest BCUT2D eigenvalue weighted by molar-refractivity contribution is 0.243. The van der Waals surface area contributed by atoms with Crippen molar-refractivity contribution in [3.63, 3.8) is 0 Å². The zero-order valence-corrected chi connectivity index (χ0v) is 8.71. The second-order valence-electron chi connectivity index (χ2n) is 3.55. The molecule has 0 saturated heterocycles. The Morgan fingerprint density at radius 2 is 2.07 bits per heavy atom. The van der Waals surface area contributed by atoms with Crippen LogP contribution in [0.4, 0.5) is 8.78 Å². The van der Waals surface area contributed by atoms with Crippen LogP contribution in [-0.4, -0.2) is 30.2 Å². The van der Waals surface area contributed by atoms with E-state index in [9.17, 15) is 8.78 Å². The van der Waals surface area contributed by atoms with Crippen LogP contribution in [0.5, 0.6) is 0 Å². The smallest absolute Gasteiger partial charge is 0.127 e. The second-order valence-corrected chi connectivity index (χ2v) is 3.55. The molecule has 0 heterocycles. The highest BCUT2D eigenvalue weighted by Gasteiger charge is 2.06. The third-order valence-electron chi connectivity index (χ3n) is 2.15. The summed E-state index contributed by atoms with van der Waals surface area (Å²) in [4.78, 5) is 1.84. The van der Waals surface area contributed by atoms with E-state index in [4.69, 9.17) is 5.11 Å². The van der Waals surface area contributed by atoms with Crippen molar-refractivity contribution < 1.29 is 13.9 Å². The first-order valence-corrected chi connectivity index (χ1v) is 4.87. The number of hydrogen-bond acceptors (Lipinski definition) is 2. The van der Waals surface area contributed by atoms with Crippen molar-refractivity contribution in [1.82, 2.24) is 4.90 Å². The molecule has 0 aromatic heterocycles. The van der Waals surface area contributed by atoms with Gasteiger partial charge in [0.1, 0.15) is 11.6 Å². The van der Waals surface area contributed by atoms with Gasteiger partial charge in [-0.1, -0.05) is 0 Å². The third kappa shape index (κ3) is 3.93. The quantitative estimate of drug-likeness (QED) is 0.809. The van der Waals surface area contributed by atoms with Crippen LogP contribution in [0, 0.1) is 11.6 Å². The number of nitrogens with zero attached hydrogens (tertiary/aromatic N) is 1. The predicted molar refractivity (Wildman–Crippen MR) is 54.4 cm³/mol. The Hall–Kier alpha value is -1.00. The topological polar surface area (TPSA) is 23.5 Å². The summed E-state index contributed by atoms with van der Waals surface area (Å²) in [5.74, 6) is -0.825. The number of aliphatic hydroxyl groups excluding tert-OH is 1. The lowest BCUT2D eigenvalue weighted by atomic mass is 10.2. The normalized spacial score (nSPS) is 11.0. The maximum atomic E-state index is 13.2. The van der Waals surface area contributed by atoms with E-state index in [0.29, 0.717) is 25.1 Å². The van der Waals surface area contributed by atoms with Crippen LogP contribution in [0.3, 0.4) is 0 Å². The third-order valence-corrected chi connectivity index (χ3v) is 2.15. The number of rotatable bonds is 5. The van der Waals surface area contributed by atoms with Gasteiger partial charge in [-0.2, -0.15) is 0 Å². The molecule has 15 heavy (non-hydrogen) atoms. The average molecular weight is 215 g/mol. The minimum Gasteiger partial charge on any atom is -0.396 e. The van der Waals surface area contributed by atoms with Gasteiger partial charge in [0.2, 0.25) is 0 Å². The second kappa shape index (κ2) is 5.78. The van der Waals surface area contributed by atoms with Gasteiger partial charge in [0.15, 0.2) is 0 Å². The molecule has 0 radical (unpaired) electrons. The van der Waals surface area contributed by atoms with E-state index in [1.807, 2.05) is 4.90 Å². The van der Waals surface area contributed by atoms with Gasteiger partial charge in [0.25, 0.3) is 0 Å². The molecule has 1 rings (SSSR count). The Morgan fingerprint density at radius 3 is 2.73 bits per heavy atom. The van der Waals surface area contributed by atoms with Gasteiger partial charge < -0.3 is 10.0 Å². The molecule has 0 atom stereocenters. The molecule has 2 nitrogen and oxygen atoms in total. The molecule has 0 bridgehead atoms. The fourth-order valence-electron chi connectivity index (χ4n) is 1.37. The highest BCUT2D eigenvalue weighted by Crippen LogP contribution is 2.11. The Kier molecular flexibility index (Phi) is 4.65. The fraction of sp³-hybridized carbons (Fsp3) is 0.455. The van der Waals surface area contributed by atoms with Crippen LogP contribution in [0.15, 0.2) is 18.2 Å². The van der Waals surface area contributed by atoms with Crippen LogP contribution in [0.25, 0.3) is 0 Å². The van der Waals surface area contributed by atoms with E-state index in [0.717, 1.165) is 12.1 Å². The van der Waals surface area contributed by atoms with Crippen molar-refractivity contribution in [1.29, 1.82) is 0 Å². The largest absolute Gasteiger partial charge is 0.396 e. The van der Waals surface area contributed by atoms with E-state index in [-0.39, 0.29) is 6.61 Å². The van der Waals surface area contributed by atoms with Gasteiger partial charge in [0.05, 0.1) is 0 Å². The van der Waals surface area contributed by atoms with Crippen molar-refractivity contribution in [2.45, 2.75) is 13.0 Å². The SMILES string of the molecule is CN(CCCO)Cc1cc(F)ccc1F. The van der Waals surface area contributed by atoms with Crippen molar-refractivity contribution in [2.24, 2.45) is 0 Å². The molecule has 1 aromatic carbocycles. The molecule has 0 aliphatic heterocycles. The van der Waals surface area contributed by atoms with Crippen molar-refractivity contribution >= 4 is 0 Å². The monoisotopic (exact) mass is 215 g/mol. The van der Waals surface area contributed by atoms with E-state index in [2.05, 4.69) is 0 Å². The predicted octanol–water partition coefficient (Wildman–Crippen LogP) is 1.78. The molecular weight excluding hydrogens is 200 g/mol. The van der Waals surface area contributed by atoms with Gasteiger partial charge in [-0.25, -0.2) is 8.78 Å². The molecule has 0 fully saturated rings. The molecule has 0 unspecified atom stereocenters.